The van der Waals surface area contributed by atoms with Crippen LogP contribution in [0, 0.1) is 12.8 Å². The molecule has 0 bridgehead atoms. The van der Waals surface area contributed by atoms with E-state index in [2.05, 4.69) is 34.7 Å². The van der Waals surface area contributed by atoms with Crippen LogP contribution in [0.4, 0.5) is 5.82 Å². The van der Waals surface area contributed by atoms with Gasteiger partial charge in [-0.25, -0.2) is 0 Å². The van der Waals surface area contributed by atoms with E-state index in [9.17, 15) is 9.59 Å². The van der Waals surface area contributed by atoms with E-state index in [0.29, 0.717) is 23.2 Å². The van der Waals surface area contributed by atoms with Crippen LogP contribution < -0.4 is 5.32 Å². The zero-order chi connectivity index (χ0) is 19.1. The third kappa shape index (κ3) is 6.13. The van der Waals surface area contributed by atoms with Crippen LogP contribution in [0.5, 0.6) is 0 Å². The molecule has 1 fully saturated rings. The number of nitrogens with zero attached hydrogens (tertiary/aromatic N) is 2. The Balaban J connectivity index is 1.33. The van der Waals surface area contributed by atoms with Crippen molar-refractivity contribution in [3.05, 3.63) is 47.7 Å². The molecule has 1 aliphatic heterocycles. The Bertz CT molecular complexity index is 755. The summed E-state index contributed by atoms with van der Waals surface area (Å²) in [6, 6.07) is 12.2. The molecule has 7 heteroatoms. The second-order valence-corrected chi connectivity index (χ2v) is 7.86. The lowest BCUT2D eigenvalue weighted by Gasteiger charge is -2.32. The van der Waals surface area contributed by atoms with Gasteiger partial charge >= 0.3 is 0 Å². The minimum Gasteiger partial charge on any atom is -0.360 e. The molecule has 0 saturated carbocycles. The van der Waals surface area contributed by atoms with Crippen LogP contribution in [0.15, 0.2) is 40.9 Å². The van der Waals surface area contributed by atoms with Crippen molar-refractivity contribution in [1.29, 1.82) is 0 Å². The summed E-state index contributed by atoms with van der Waals surface area (Å²) in [4.78, 5) is 26.1. The Morgan fingerprint density at radius 2 is 1.96 bits per heavy atom. The van der Waals surface area contributed by atoms with Gasteiger partial charge in [0.25, 0.3) is 0 Å². The summed E-state index contributed by atoms with van der Waals surface area (Å²) in [5.41, 5.74) is 1.37. The molecule has 6 nitrogen and oxygen atoms in total. The van der Waals surface area contributed by atoms with Gasteiger partial charge in [0.15, 0.2) is 5.82 Å². The number of hydrogen-bond acceptors (Lipinski definition) is 5. The van der Waals surface area contributed by atoms with Crippen molar-refractivity contribution in [1.82, 2.24) is 10.1 Å². The van der Waals surface area contributed by atoms with Crippen molar-refractivity contribution in [3.8, 4) is 0 Å². The normalized spacial score (nSPS) is 14.9. The van der Waals surface area contributed by atoms with Crippen molar-refractivity contribution < 1.29 is 14.1 Å². The quantitative estimate of drug-likeness (QED) is 0.790. The maximum Gasteiger partial charge on any atom is 0.235 e. The van der Waals surface area contributed by atoms with Gasteiger partial charge in [-0.3, -0.25) is 9.59 Å². The smallest absolute Gasteiger partial charge is 0.235 e. The van der Waals surface area contributed by atoms with Crippen molar-refractivity contribution in [2.75, 3.05) is 29.9 Å². The molecule has 2 amide bonds. The highest BCUT2D eigenvalue weighted by Crippen LogP contribution is 2.22. The minimum absolute atomic E-state index is 0.114. The third-order valence-electron chi connectivity index (χ3n) is 4.69. The molecule has 0 unspecified atom stereocenters. The summed E-state index contributed by atoms with van der Waals surface area (Å²) in [6.45, 7) is 3.38. The molecule has 3 rings (SSSR count). The van der Waals surface area contributed by atoms with Gasteiger partial charge in [0.05, 0.1) is 11.5 Å². The van der Waals surface area contributed by atoms with Crippen molar-refractivity contribution in [2.45, 2.75) is 26.2 Å². The second kappa shape index (κ2) is 9.60. The van der Waals surface area contributed by atoms with Gasteiger partial charge in [0, 0.05) is 19.2 Å². The lowest BCUT2D eigenvalue weighted by Crippen LogP contribution is -2.40. The molecule has 0 radical (unpaired) electrons. The Morgan fingerprint density at radius 3 is 2.63 bits per heavy atom. The van der Waals surface area contributed by atoms with E-state index in [1.54, 1.807) is 13.0 Å². The Labute approximate surface area is 163 Å². The molecular formula is C20H25N3O3S. The lowest BCUT2D eigenvalue weighted by molar-refractivity contribution is -0.129. The number of anilines is 1. The highest BCUT2D eigenvalue weighted by molar-refractivity contribution is 8.00. The zero-order valence-electron chi connectivity index (χ0n) is 15.5. The van der Waals surface area contributed by atoms with Crippen LogP contribution in [0.2, 0.25) is 0 Å². The first-order valence-electron chi connectivity index (χ1n) is 9.23. The number of rotatable bonds is 7. The fourth-order valence-corrected chi connectivity index (χ4v) is 3.98. The van der Waals surface area contributed by atoms with Crippen LogP contribution in [-0.4, -0.2) is 46.5 Å². The number of carbonyl (C=O) groups excluding carboxylic acids is 2. The standard InChI is InChI=1S/C20H25N3O3S/c1-15-11-18(22-26-15)21-19(24)13-27-14-20(25)23-9-7-17(8-10-23)12-16-5-3-2-4-6-16/h2-6,11,17H,7-10,12-14H2,1H3,(H,21,22,24). The number of aryl methyl sites for hydroxylation is 1. The van der Waals surface area contributed by atoms with Crippen molar-refractivity contribution >= 4 is 29.4 Å². The summed E-state index contributed by atoms with van der Waals surface area (Å²) in [5, 5.41) is 6.37. The zero-order valence-corrected chi connectivity index (χ0v) is 16.3. The molecule has 2 heterocycles. The summed E-state index contributed by atoms with van der Waals surface area (Å²) in [6.07, 6.45) is 3.16. The summed E-state index contributed by atoms with van der Waals surface area (Å²) >= 11 is 1.33. The first-order chi connectivity index (χ1) is 13.1. The van der Waals surface area contributed by atoms with Gasteiger partial charge < -0.3 is 14.7 Å². The fraction of sp³-hybridized carbons (Fsp3) is 0.450. The minimum atomic E-state index is -0.178. The average Bonchev–Trinajstić information content (AvgIpc) is 3.07. The third-order valence-corrected chi connectivity index (χ3v) is 5.61. The number of carbonyl (C=O) groups is 2. The number of aromatic nitrogens is 1. The van der Waals surface area contributed by atoms with E-state index in [4.69, 9.17) is 4.52 Å². The van der Waals surface area contributed by atoms with Crippen LogP contribution in [0.3, 0.4) is 0 Å². The van der Waals surface area contributed by atoms with Crippen LogP contribution in [-0.2, 0) is 16.0 Å². The number of nitrogens with one attached hydrogen (secondary N) is 1. The second-order valence-electron chi connectivity index (χ2n) is 6.88. The Hall–Kier alpha value is -2.28. The molecule has 1 aliphatic rings. The lowest BCUT2D eigenvalue weighted by atomic mass is 9.90. The van der Waals surface area contributed by atoms with Crippen LogP contribution in [0.1, 0.15) is 24.2 Å². The number of likely N-dealkylation sites (tertiary alicyclic amines) is 1. The first kappa shape index (κ1) is 19.5. The van der Waals surface area contributed by atoms with Crippen molar-refractivity contribution in [3.63, 3.8) is 0 Å². The number of benzene rings is 1. The first-order valence-corrected chi connectivity index (χ1v) is 10.4. The topological polar surface area (TPSA) is 75.4 Å². The van der Waals surface area contributed by atoms with Gasteiger partial charge in [0.1, 0.15) is 5.76 Å². The summed E-state index contributed by atoms with van der Waals surface area (Å²) < 4.78 is 4.90. The molecule has 27 heavy (non-hydrogen) atoms. The Kier molecular flexibility index (Phi) is 6.92. The van der Waals surface area contributed by atoms with Gasteiger partial charge in [-0.1, -0.05) is 35.5 Å². The predicted molar refractivity (Wildman–Crippen MR) is 107 cm³/mol. The average molecular weight is 388 g/mol. The molecule has 1 aromatic carbocycles. The predicted octanol–water partition coefficient (Wildman–Crippen LogP) is 3.14. The largest absolute Gasteiger partial charge is 0.360 e. The van der Waals surface area contributed by atoms with Gasteiger partial charge in [-0.05, 0) is 37.7 Å². The molecule has 1 aromatic heterocycles. The van der Waals surface area contributed by atoms with Gasteiger partial charge in [-0.2, -0.15) is 0 Å². The van der Waals surface area contributed by atoms with E-state index in [1.807, 2.05) is 11.0 Å². The molecule has 144 valence electrons. The SMILES string of the molecule is Cc1cc(NC(=O)CSCC(=O)N2CCC(Cc3ccccc3)CC2)no1. The van der Waals surface area contributed by atoms with Crippen LogP contribution in [0.25, 0.3) is 0 Å². The monoisotopic (exact) mass is 387 g/mol. The number of thioether (sulfide) groups is 1. The van der Waals surface area contributed by atoms with Gasteiger partial charge in [0.2, 0.25) is 11.8 Å². The van der Waals surface area contributed by atoms with Gasteiger partial charge in [-0.15, -0.1) is 11.8 Å². The molecule has 0 spiro atoms. The molecule has 1 saturated heterocycles. The highest BCUT2D eigenvalue weighted by atomic mass is 32.2. The number of piperidine rings is 1. The number of hydrogen-bond donors (Lipinski definition) is 1. The van der Waals surface area contributed by atoms with E-state index >= 15 is 0 Å². The van der Waals surface area contributed by atoms with E-state index in [-0.39, 0.29) is 17.6 Å². The summed E-state index contributed by atoms with van der Waals surface area (Å²) in [5.74, 6) is 2.18. The molecule has 2 aromatic rings. The maximum atomic E-state index is 12.4. The molecule has 0 atom stereocenters. The highest BCUT2D eigenvalue weighted by Gasteiger charge is 2.23. The van der Waals surface area contributed by atoms with E-state index < -0.39 is 0 Å². The van der Waals surface area contributed by atoms with E-state index in [1.165, 1.54) is 17.3 Å². The van der Waals surface area contributed by atoms with E-state index in [0.717, 1.165) is 32.4 Å². The number of amides is 2. The van der Waals surface area contributed by atoms with Crippen LogP contribution >= 0.6 is 11.8 Å². The summed E-state index contributed by atoms with van der Waals surface area (Å²) in [7, 11) is 0. The Morgan fingerprint density at radius 1 is 1.22 bits per heavy atom. The molecule has 1 N–H and O–H groups in total. The van der Waals surface area contributed by atoms with Crippen molar-refractivity contribution in [2.24, 2.45) is 5.92 Å². The fourth-order valence-electron chi connectivity index (χ4n) is 3.26. The molecule has 0 aliphatic carbocycles. The molecular weight excluding hydrogens is 362 g/mol. The maximum absolute atomic E-state index is 12.4.